The number of ether oxygens (including phenoxy) is 3. The van der Waals surface area contributed by atoms with E-state index in [0.29, 0.717) is 0 Å². The highest BCUT2D eigenvalue weighted by Crippen LogP contribution is 2.51. The van der Waals surface area contributed by atoms with Gasteiger partial charge in [-0.15, -0.1) is 0 Å². The number of carbonyl (C=O) groups excluding carboxylic acids is 3. The number of hydrogen-bond acceptors (Lipinski definition) is 6. The van der Waals surface area contributed by atoms with Gasteiger partial charge in [0, 0.05) is 11.1 Å². The molecule has 6 nitrogen and oxygen atoms in total. The Morgan fingerprint density at radius 3 is 1.75 bits per heavy atom. The molecule has 0 spiro atoms. The summed E-state index contributed by atoms with van der Waals surface area (Å²) in [5.74, 6) is -13.9. The van der Waals surface area contributed by atoms with Crippen LogP contribution in [0.1, 0.15) is 44.2 Å². The fraction of sp³-hybridized carbons (Fsp3) is 0.500. The minimum Gasteiger partial charge on any atom is -0.466 e. The van der Waals surface area contributed by atoms with E-state index in [9.17, 15) is 31.9 Å². The third-order valence-electron chi connectivity index (χ3n) is 4.41. The number of fused-ring (bicyclic) bond motifs is 1. The maximum atomic E-state index is 14.7. The number of halogens is 4. The molecule has 0 N–H and O–H groups in total. The Hall–Kier alpha value is -2.65. The summed E-state index contributed by atoms with van der Waals surface area (Å²) in [6, 6.07) is 0. The van der Waals surface area contributed by atoms with Gasteiger partial charge >= 0.3 is 17.9 Å². The Labute approximate surface area is 157 Å². The van der Waals surface area contributed by atoms with Crippen LogP contribution in [0, 0.1) is 23.3 Å². The molecule has 154 valence electrons. The summed E-state index contributed by atoms with van der Waals surface area (Å²) in [5.41, 5.74) is -4.76. The fourth-order valence-electron chi connectivity index (χ4n) is 3.31. The highest BCUT2D eigenvalue weighted by molar-refractivity contribution is 6.09. The average molecular weight is 406 g/mol. The number of hydrogen-bond donors (Lipinski definition) is 0. The van der Waals surface area contributed by atoms with E-state index in [2.05, 4.69) is 0 Å². The van der Waals surface area contributed by atoms with Crippen LogP contribution in [0.3, 0.4) is 0 Å². The minimum atomic E-state index is -2.68. The summed E-state index contributed by atoms with van der Waals surface area (Å²) in [6.45, 7) is 3.53. The zero-order chi connectivity index (χ0) is 21.2. The smallest absolute Gasteiger partial charge is 0.328 e. The summed E-state index contributed by atoms with van der Waals surface area (Å²) in [6.07, 6.45) is -0.852. The van der Waals surface area contributed by atoms with Crippen LogP contribution < -0.4 is 0 Å². The summed E-state index contributed by atoms with van der Waals surface area (Å²) in [5, 5.41) is 0. The van der Waals surface area contributed by atoms with Crippen LogP contribution in [0.25, 0.3) is 0 Å². The zero-order valence-corrected chi connectivity index (χ0v) is 15.4. The lowest BCUT2D eigenvalue weighted by molar-refractivity contribution is -0.165. The van der Waals surface area contributed by atoms with Gasteiger partial charge in [-0.05, 0) is 27.2 Å². The van der Waals surface area contributed by atoms with Crippen LogP contribution in [-0.2, 0) is 34.0 Å². The zero-order valence-electron chi connectivity index (χ0n) is 15.4. The molecule has 2 rings (SSSR count). The van der Waals surface area contributed by atoms with Crippen molar-refractivity contribution in [1.29, 1.82) is 0 Å². The molecule has 0 saturated carbocycles. The van der Waals surface area contributed by atoms with Crippen LogP contribution in [0.2, 0.25) is 0 Å². The first-order valence-electron chi connectivity index (χ1n) is 8.56. The number of esters is 3. The molecule has 0 radical (unpaired) electrons. The van der Waals surface area contributed by atoms with Crippen molar-refractivity contribution in [2.24, 2.45) is 0 Å². The van der Waals surface area contributed by atoms with Gasteiger partial charge in [0.15, 0.2) is 28.7 Å². The predicted octanol–water partition coefficient (Wildman–Crippen LogP) is 2.66. The second-order valence-electron chi connectivity index (χ2n) is 5.90. The molecular formula is C18H18F4O6. The van der Waals surface area contributed by atoms with E-state index in [-0.39, 0.29) is 19.8 Å². The first-order chi connectivity index (χ1) is 13.2. The average Bonchev–Trinajstić information content (AvgIpc) is 3.03. The van der Waals surface area contributed by atoms with Gasteiger partial charge in [0.2, 0.25) is 0 Å². The molecule has 0 fully saturated rings. The van der Waals surface area contributed by atoms with Crippen molar-refractivity contribution >= 4 is 17.9 Å². The fourth-order valence-corrected chi connectivity index (χ4v) is 3.31. The molecule has 10 heteroatoms. The number of carbonyl (C=O) groups is 3. The van der Waals surface area contributed by atoms with E-state index in [1.54, 1.807) is 0 Å². The largest absolute Gasteiger partial charge is 0.466 e. The molecule has 0 aliphatic heterocycles. The molecule has 0 saturated heterocycles. The first kappa shape index (κ1) is 21.6. The molecule has 0 amide bonds. The standard InChI is InChI=1S/C18H18F4O6/c1-4-26-15(23)8-7-18(16(24)27-5-2,17(25)28-6-3)10-9(8)11(19)13(21)14(22)12(10)20/h8H,4-7H2,1-3H3. The van der Waals surface area contributed by atoms with E-state index in [0.717, 1.165) is 0 Å². The Morgan fingerprint density at radius 2 is 1.29 bits per heavy atom. The van der Waals surface area contributed by atoms with Crippen LogP contribution in [-0.4, -0.2) is 37.7 Å². The summed E-state index contributed by atoms with van der Waals surface area (Å²) >= 11 is 0. The van der Waals surface area contributed by atoms with Gasteiger partial charge in [-0.25, -0.2) is 17.6 Å². The van der Waals surface area contributed by atoms with Gasteiger partial charge in [0.1, 0.15) is 0 Å². The lowest BCUT2D eigenvalue weighted by atomic mass is 9.80. The Balaban J connectivity index is 2.89. The van der Waals surface area contributed by atoms with Gasteiger partial charge in [0.25, 0.3) is 0 Å². The van der Waals surface area contributed by atoms with Gasteiger partial charge in [-0.2, -0.15) is 0 Å². The second kappa shape index (κ2) is 8.15. The van der Waals surface area contributed by atoms with E-state index >= 15 is 0 Å². The highest BCUT2D eigenvalue weighted by Gasteiger charge is 2.62. The topological polar surface area (TPSA) is 78.9 Å². The maximum absolute atomic E-state index is 14.7. The molecule has 0 heterocycles. The number of benzene rings is 1. The van der Waals surface area contributed by atoms with Crippen LogP contribution >= 0.6 is 0 Å². The number of rotatable bonds is 6. The SMILES string of the molecule is CCOC(=O)C1CC(C(=O)OCC)(C(=O)OCC)c2c(F)c(F)c(F)c(F)c21. The normalized spacial score (nSPS) is 17.0. The maximum Gasteiger partial charge on any atom is 0.328 e. The van der Waals surface area contributed by atoms with Crippen molar-refractivity contribution in [3.8, 4) is 0 Å². The van der Waals surface area contributed by atoms with E-state index in [1.807, 2.05) is 0 Å². The summed E-state index contributed by atoms with van der Waals surface area (Å²) < 4.78 is 71.4. The van der Waals surface area contributed by atoms with Crippen molar-refractivity contribution in [3.05, 3.63) is 34.4 Å². The third-order valence-corrected chi connectivity index (χ3v) is 4.41. The van der Waals surface area contributed by atoms with Crippen molar-refractivity contribution in [2.75, 3.05) is 19.8 Å². The Bertz CT molecular complexity index is 805. The van der Waals surface area contributed by atoms with Crippen molar-refractivity contribution in [2.45, 2.75) is 38.5 Å². The third kappa shape index (κ3) is 3.10. The highest BCUT2D eigenvalue weighted by atomic mass is 19.2. The van der Waals surface area contributed by atoms with Crippen molar-refractivity contribution < 1.29 is 46.2 Å². The molecule has 1 atom stereocenters. The van der Waals surface area contributed by atoms with Crippen LogP contribution in [0.5, 0.6) is 0 Å². The molecule has 0 aromatic heterocycles. The molecule has 1 aliphatic rings. The van der Waals surface area contributed by atoms with E-state index in [1.165, 1.54) is 20.8 Å². The van der Waals surface area contributed by atoms with Gasteiger partial charge in [0.05, 0.1) is 25.7 Å². The molecule has 28 heavy (non-hydrogen) atoms. The van der Waals surface area contributed by atoms with Crippen molar-refractivity contribution in [3.63, 3.8) is 0 Å². The lowest BCUT2D eigenvalue weighted by Crippen LogP contribution is -2.45. The van der Waals surface area contributed by atoms with Crippen LogP contribution in [0.15, 0.2) is 0 Å². The molecule has 1 aromatic rings. The Morgan fingerprint density at radius 1 is 0.821 bits per heavy atom. The van der Waals surface area contributed by atoms with Gasteiger partial charge in [-0.1, -0.05) is 0 Å². The second-order valence-corrected chi connectivity index (χ2v) is 5.90. The Kier molecular flexibility index (Phi) is 6.30. The van der Waals surface area contributed by atoms with E-state index < -0.39 is 70.1 Å². The quantitative estimate of drug-likeness (QED) is 0.181. The molecule has 1 unspecified atom stereocenters. The predicted molar refractivity (Wildman–Crippen MR) is 85.2 cm³/mol. The monoisotopic (exact) mass is 406 g/mol. The van der Waals surface area contributed by atoms with Crippen LogP contribution in [0.4, 0.5) is 17.6 Å². The van der Waals surface area contributed by atoms with Crippen molar-refractivity contribution in [1.82, 2.24) is 0 Å². The van der Waals surface area contributed by atoms with Gasteiger partial charge in [-0.3, -0.25) is 14.4 Å². The van der Waals surface area contributed by atoms with E-state index in [4.69, 9.17) is 14.2 Å². The molecular weight excluding hydrogens is 388 g/mol. The molecule has 0 bridgehead atoms. The minimum absolute atomic E-state index is 0.162. The lowest BCUT2D eigenvalue weighted by Gasteiger charge is -2.26. The summed E-state index contributed by atoms with van der Waals surface area (Å²) in [7, 11) is 0. The molecule has 1 aromatic carbocycles. The first-order valence-corrected chi connectivity index (χ1v) is 8.56. The molecule has 1 aliphatic carbocycles. The summed E-state index contributed by atoms with van der Waals surface area (Å²) in [4.78, 5) is 37.6. The van der Waals surface area contributed by atoms with Gasteiger partial charge < -0.3 is 14.2 Å².